The lowest BCUT2D eigenvalue weighted by Crippen LogP contribution is -1.96. The summed E-state index contributed by atoms with van der Waals surface area (Å²) in [6, 6.07) is 11.8. The summed E-state index contributed by atoms with van der Waals surface area (Å²) >= 11 is 0. The second-order valence-electron chi connectivity index (χ2n) is 5.31. The van der Waals surface area contributed by atoms with Crippen LogP contribution in [0, 0.1) is 20.8 Å². The van der Waals surface area contributed by atoms with E-state index in [0.717, 1.165) is 33.5 Å². The van der Waals surface area contributed by atoms with Crippen molar-refractivity contribution >= 4 is 16.6 Å². The van der Waals surface area contributed by atoms with Crippen LogP contribution in [-0.4, -0.2) is 4.98 Å². The van der Waals surface area contributed by atoms with E-state index in [1.165, 1.54) is 5.56 Å². The number of aryl methyl sites for hydroxylation is 2. The number of nitrogens with two attached hydrogens (primary N) is 1. The Labute approximate surface area is 124 Å². The average Bonchev–Trinajstić information content (AvgIpc) is 2.50. The SMILES string of the molecule is Cc1ccc(C)c(Oc2ccc(N)c3ncccc23)c1C. The zero-order valence-electron chi connectivity index (χ0n) is 12.5. The first kappa shape index (κ1) is 13.4. The number of anilines is 1. The second kappa shape index (κ2) is 5.09. The summed E-state index contributed by atoms with van der Waals surface area (Å²) in [4.78, 5) is 4.34. The summed E-state index contributed by atoms with van der Waals surface area (Å²) in [6.45, 7) is 6.22. The van der Waals surface area contributed by atoms with Crippen LogP contribution in [0.4, 0.5) is 5.69 Å². The van der Waals surface area contributed by atoms with Gasteiger partial charge in [-0.25, -0.2) is 0 Å². The quantitative estimate of drug-likeness (QED) is 0.700. The van der Waals surface area contributed by atoms with Gasteiger partial charge < -0.3 is 10.5 Å². The van der Waals surface area contributed by atoms with Crippen molar-refractivity contribution < 1.29 is 4.74 Å². The third-order valence-electron chi connectivity index (χ3n) is 3.85. The molecule has 0 saturated carbocycles. The van der Waals surface area contributed by atoms with Crippen LogP contribution < -0.4 is 10.5 Å². The van der Waals surface area contributed by atoms with Crippen molar-refractivity contribution in [2.24, 2.45) is 0 Å². The summed E-state index contributed by atoms with van der Waals surface area (Å²) in [5.74, 6) is 1.69. The van der Waals surface area contributed by atoms with Crippen LogP contribution in [0.3, 0.4) is 0 Å². The minimum atomic E-state index is 0.663. The van der Waals surface area contributed by atoms with E-state index in [1.54, 1.807) is 6.20 Å². The van der Waals surface area contributed by atoms with E-state index in [0.29, 0.717) is 5.69 Å². The molecular formula is C18H18N2O. The van der Waals surface area contributed by atoms with Crippen LogP contribution in [0.2, 0.25) is 0 Å². The number of ether oxygens (including phenoxy) is 1. The van der Waals surface area contributed by atoms with Gasteiger partial charge in [0.15, 0.2) is 0 Å². The zero-order chi connectivity index (χ0) is 15.0. The fourth-order valence-electron chi connectivity index (χ4n) is 2.45. The molecule has 0 radical (unpaired) electrons. The van der Waals surface area contributed by atoms with Crippen molar-refractivity contribution in [2.45, 2.75) is 20.8 Å². The predicted molar refractivity (Wildman–Crippen MR) is 86.9 cm³/mol. The van der Waals surface area contributed by atoms with Crippen molar-refractivity contribution in [1.29, 1.82) is 0 Å². The summed E-state index contributed by atoms with van der Waals surface area (Å²) in [7, 11) is 0. The van der Waals surface area contributed by atoms with E-state index in [9.17, 15) is 0 Å². The van der Waals surface area contributed by atoms with E-state index in [4.69, 9.17) is 10.5 Å². The Morgan fingerprint density at radius 1 is 0.952 bits per heavy atom. The maximum absolute atomic E-state index is 6.19. The van der Waals surface area contributed by atoms with Crippen LogP contribution in [0.1, 0.15) is 16.7 Å². The Hall–Kier alpha value is -2.55. The molecule has 3 rings (SSSR count). The summed E-state index contributed by atoms with van der Waals surface area (Å²) < 4.78 is 6.19. The van der Waals surface area contributed by atoms with Gasteiger partial charge in [-0.2, -0.15) is 0 Å². The van der Waals surface area contributed by atoms with Gasteiger partial charge in [-0.3, -0.25) is 4.98 Å². The van der Waals surface area contributed by atoms with Crippen molar-refractivity contribution in [2.75, 3.05) is 5.73 Å². The second-order valence-corrected chi connectivity index (χ2v) is 5.31. The number of hydrogen-bond donors (Lipinski definition) is 1. The number of benzene rings is 2. The molecule has 0 unspecified atom stereocenters. The number of hydrogen-bond acceptors (Lipinski definition) is 3. The van der Waals surface area contributed by atoms with Gasteiger partial charge in [0.05, 0.1) is 11.2 Å². The monoisotopic (exact) mass is 278 g/mol. The third-order valence-corrected chi connectivity index (χ3v) is 3.85. The largest absolute Gasteiger partial charge is 0.456 e. The van der Waals surface area contributed by atoms with E-state index in [-0.39, 0.29) is 0 Å². The standard InChI is InChI=1S/C18H18N2O/c1-11-6-7-12(2)18(13(11)3)21-16-9-8-15(19)17-14(16)5-4-10-20-17/h4-10H,19H2,1-3H3. The molecule has 0 spiro atoms. The molecule has 3 heteroatoms. The fourth-order valence-corrected chi connectivity index (χ4v) is 2.45. The summed E-state index contributed by atoms with van der Waals surface area (Å²) in [6.07, 6.45) is 1.74. The molecular weight excluding hydrogens is 260 g/mol. The van der Waals surface area contributed by atoms with Gasteiger partial charge in [-0.15, -0.1) is 0 Å². The predicted octanol–water partition coefficient (Wildman–Crippen LogP) is 4.53. The van der Waals surface area contributed by atoms with E-state index in [2.05, 4.69) is 37.9 Å². The Morgan fingerprint density at radius 3 is 2.52 bits per heavy atom. The van der Waals surface area contributed by atoms with Crippen LogP contribution in [0.15, 0.2) is 42.6 Å². The molecule has 2 N–H and O–H groups in total. The molecule has 0 aliphatic carbocycles. The lowest BCUT2D eigenvalue weighted by atomic mass is 10.1. The molecule has 0 atom stereocenters. The van der Waals surface area contributed by atoms with Gasteiger partial charge in [-0.05, 0) is 61.7 Å². The van der Waals surface area contributed by atoms with E-state index in [1.807, 2.05) is 24.3 Å². The summed E-state index contributed by atoms with van der Waals surface area (Å²) in [5, 5.41) is 0.929. The first-order valence-corrected chi connectivity index (χ1v) is 6.96. The number of rotatable bonds is 2. The van der Waals surface area contributed by atoms with Gasteiger partial charge in [-0.1, -0.05) is 12.1 Å². The van der Waals surface area contributed by atoms with Crippen molar-refractivity contribution in [3.05, 3.63) is 59.3 Å². The number of aromatic nitrogens is 1. The molecule has 106 valence electrons. The Morgan fingerprint density at radius 2 is 1.71 bits per heavy atom. The topological polar surface area (TPSA) is 48.1 Å². The number of pyridine rings is 1. The van der Waals surface area contributed by atoms with Crippen molar-refractivity contribution in [3.8, 4) is 11.5 Å². The normalized spacial score (nSPS) is 10.8. The fraction of sp³-hybridized carbons (Fsp3) is 0.167. The van der Waals surface area contributed by atoms with Crippen LogP contribution in [-0.2, 0) is 0 Å². The van der Waals surface area contributed by atoms with Gasteiger partial charge in [0.2, 0.25) is 0 Å². The molecule has 0 amide bonds. The smallest absolute Gasteiger partial charge is 0.137 e. The molecule has 0 aliphatic rings. The summed E-state index contributed by atoms with van der Waals surface area (Å²) in [5.41, 5.74) is 10.9. The van der Waals surface area contributed by atoms with Crippen LogP contribution >= 0.6 is 0 Å². The molecule has 0 bridgehead atoms. The molecule has 3 nitrogen and oxygen atoms in total. The number of fused-ring (bicyclic) bond motifs is 1. The highest BCUT2D eigenvalue weighted by Gasteiger charge is 2.11. The van der Waals surface area contributed by atoms with Crippen molar-refractivity contribution in [1.82, 2.24) is 4.98 Å². The molecule has 1 aromatic heterocycles. The molecule has 21 heavy (non-hydrogen) atoms. The maximum atomic E-state index is 6.19. The number of nitrogens with zero attached hydrogens (tertiary/aromatic N) is 1. The first-order chi connectivity index (χ1) is 10.1. The lowest BCUT2D eigenvalue weighted by molar-refractivity contribution is 0.480. The van der Waals surface area contributed by atoms with Gasteiger partial charge >= 0.3 is 0 Å². The molecule has 0 aliphatic heterocycles. The zero-order valence-corrected chi connectivity index (χ0v) is 12.5. The molecule has 1 heterocycles. The highest BCUT2D eigenvalue weighted by Crippen LogP contribution is 2.35. The Balaban J connectivity index is 2.16. The van der Waals surface area contributed by atoms with E-state index < -0.39 is 0 Å². The first-order valence-electron chi connectivity index (χ1n) is 6.96. The lowest BCUT2D eigenvalue weighted by Gasteiger charge is -2.15. The molecule has 3 aromatic rings. The van der Waals surface area contributed by atoms with Crippen LogP contribution in [0.5, 0.6) is 11.5 Å². The highest BCUT2D eigenvalue weighted by atomic mass is 16.5. The Kier molecular flexibility index (Phi) is 3.26. The average molecular weight is 278 g/mol. The third kappa shape index (κ3) is 2.31. The Bertz CT molecular complexity index is 825. The van der Waals surface area contributed by atoms with Crippen LogP contribution in [0.25, 0.3) is 10.9 Å². The molecule has 2 aromatic carbocycles. The minimum Gasteiger partial charge on any atom is -0.456 e. The van der Waals surface area contributed by atoms with Crippen molar-refractivity contribution in [3.63, 3.8) is 0 Å². The maximum Gasteiger partial charge on any atom is 0.137 e. The molecule has 0 saturated heterocycles. The van der Waals surface area contributed by atoms with Gasteiger partial charge in [0.1, 0.15) is 11.5 Å². The van der Waals surface area contributed by atoms with Gasteiger partial charge in [0, 0.05) is 11.6 Å². The van der Waals surface area contributed by atoms with Gasteiger partial charge in [0.25, 0.3) is 0 Å². The minimum absolute atomic E-state index is 0.663. The highest BCUT2D eigenvalue weighted by molar-refractivity contribution is 5.94. The number of nitrogen functional groups attached to an aromatic ring is 1. The molecule has 0 fully saturated rings. The van der Waals surface area contributed by atoms with E-state index >= 15 is 0 Å².